The molecule has 3 rings (SSSR count). The molecule has 0 bridgehead atoms. The quantitative estimate of drug-likeness (QED) is 0.666. The van der Waals surface area contributed by atoms with E-state index in [1.165, 1.54) is 19.5 Å². The monoisotopic (exact) mass is 165 g/mol. The smallest absolute Gasteiger partial charge is 0.0216 e. The molecule has 2 fully saturated rings. The zero-order valence-corrected chi connectivity index (χ0v) is 7.16. The summed E-state index contributed by atoms with van der Waals surface area (Å²) in [4.78, 5) is 1.60. The van der Waals surface area contributed by atoms with E-state index in [1.54, 1.807) is 4.88 Å². The Morgan fingerprint density at radius 2 is 2.64 bits per heavy atom. The van der Waals surface area contributed by atoms with Gasteiger partial charge in [-0.15, -0.1) is 11.3 Å². The molecule has 1 saturated carbocycles. The molecule has 2 atom stereocenters. The minimum Gasteiger partial charge on any atom is -0.315 e. The van der Waals surface area contributed by atoms with Crippen molar-refractivity contribution in [3.63, 3.8) is 0 Å². The summed E-state index contributed by atoms with van der Waals surface area (Å²) in [5.41, 5.74) is 0.591. The average molecular weight is 165 g/mol. The van der Waals surface area contributed by atoms with Gasteiger partial charge in [0.2, 0.25) is 0 Å². The molecule has 2 aliphatic rings. The van der Waals surface area contributed by atoms with Gasteiger partial charge in [-0.1, -0.05) is 6.07 Å². The fraction of sp³-hybridized carbons (Fsp3) is 0.556. The summed E-state index contributed by atoms with van der Waals surface area (Å²) < 4.78 is 0. The van der Waals surface area contributed by atoms with Crippen molar-refractivity contribution >= 4 is 11.3 Å². The van der Waals surface area contributed by atoms with E-state index in [0.717, 1.165) is 5.92 Å². The first-order chi connectivity index (χ1) is 5.42. The van der Waals surface area contributed by atoms with E-state index in [9.17, 15) is 0 Å². The molecule has 1 aliphatic carbocycles. The van der Waals surface area contributed by atoms with E-state index in [-0.39, 0.29) is 0 Å². The van der Waals surface area contributed by atoms with Crippen molar-refractivity contribution in [3.8, 4) is 0 Å². The predicted molar refractivity (Wildman–Crippen MR) is 47.0 cm³/mol. The van der Waals surface area contributed by atoms with Crippen LogP contribution in [0.5, 0.6) is 0 Å². The van der Waals surface area contributed by atoms with Crippen LogP contribution in [0, 0.1) is 5.92 Å². The highest BCUT2D eigenvalue weighted by atomic mass is 32.1. The molecular weight excluding hydrogens is 154 g/mol. The highest BCUT2D eigenvalue weighted by Gasteiger charge is 2.58. The Balaban J connectivity index is 2.01. The van der Waals surface area contributed by atoms with Gasteiger partial charge in [0.1, 0.15) is 0 Å². The van der Waals surface area contributed by atoms with Crippen molar-refractivity contribution in [2.45, 2.75) is 11.8 Å². The largest absolute Gasteiger partial charge is 0.315 e. The summed E-state index contributed by atoms with van der Waals surface area (Å²) in [5.74, 6) is 0.959. The molecule has 1 N–H and O–H groups in total. The van der Waals surface area contributed by atoms with Crippen LogP contribution in [0.1, 0.15) is 11.3 Å². The van der Waals surface area contributed by atoms with Gasteiger partial charge in [0.25, 0.3) is 0 Å². The SMILES string of the molecule is c1csc([C@@]23CNC[C@@H]2C3)c1. The lowest BCUT2D eigenvalue weighted by molar-refractivity contribution is 0.685. The van der Waals surface area contributed by atoms with Crippen LogP contribution in [0.2, 0.25) is 0 Å². The van der Waals surface area contributed by atoms with Gasteiger partial charge in [-0.3, -0.25) is 0 Å². The van der Waals surface area contributed by atoms with Crippen molar-refractivity contribution in [1.82, 2.24) is 5.32 Å². The van der Waals surface area contributed by atoms with Gasteiger partial charge in [0, 0.05) is 16.8 Å². The van der Waals surface area contributed by atoms with Crippen LogP contribution in [0.15, 0.2) is 17.5 Å². The summed E-state index contributed by atoms with van der Waals surface area (Å²) in [6.07, 6.45) is 1.43. The molecule has 2 heterocycles. The molecule has 0 unspecified atom stereocenters. The van der Waals surface area contributed by atoms with E-state index in [4.69, 9.17) is 0 Å². The summed E-state index contributed by atoms with van der Waals surface area (Å²) in [5, 5.41) is 5.65. The minimum absolute atomic E-state index is 0.591. The normalized spacial score (nSPS) is 40.5. The maximum Gasteiger partial charge on any atom is 0.0216 e. The van der Waals surface area contributed by atoms with E-state index < -0.39 is 0 Å². The van der Waals surface area contributed by atoms with Gasteiger partial charge in [-0.2, -0.15) is 0 Å². The highest BCUT2D eigenvalue weighted by Crippen LogP contribution is 2.57. The maximum absolute atomic E-state index is 3.46. The van der Waals surface area contributed by atoms with Crippen molar-refractivity contribution in [3.05, 3.63) is 22.4 Å². The molecule has 2 heteroatoms. The number of hydrogen-bond acceptors (Lipinski definition) is 2. The predicted octanol–water partition coefficient (Wildman–Crippen LogP) is 1.61. The highest BCUT2D eigenvalue weighted by molar-refractivity contribution is 7.10. The summed E-state index contributed by atoms with van der Waals surface area (Å²) in [7, 11) is 0. The molecule has 1 aromatic heterocycles. The van der Waals surface area contributed by atoms with Crippen LogP contribution < -0.4 is 5.32 Å². The van der Waals surface area contributed by atoms with Gasteiger partial charge in [0.05, 0.1) is 0 Å². The molecule has 11 heavy (non-hydrogen) atoms. The van der Waals surface area contributed by atoms with Crippen LogP contribution in [0.25, 0.3) is 0 Å². The number of rotatable bonds is 1. The summed E-state index contributed by atoms with van der Waals surface area (Å²) in [6, 6.07) is 4.46. The summed E-state index contributed by atoms with van der Waals surface area (Å²) in [6.45, 7) is 2.47. The van der Waals surface area contributed by atoms with E-state index in [0.29, 0.717) is 5.41 Å². The fourth-order valence-electron chi connectivity index (χ4n) is 2.29. The van der Waals surface area contributed by atoms with Crippen molar-refractivity contribution < 1.29 is 0 Å². The Morgan fingerprint density at radius 3 is 3.18 bits per heavy atom. The second kappa shape index (κ2) is 1.87. The molecule has 0 spiro atoms. The number of nitrogens with one attached hydrogen (secondary N) is 1. The Morgan fingerprint density at radius 1 is 1.64 bits per heavy atom. The number of piperidine rings is 1. The zero-order chi connectivity index (χ0) is 7.31. The van der Waals surface area contributed by atoms with Gasteiger partial charge in [0.15, 0.2) is 0 Å². The van der Waals surface area contributed by atoms with Crippen LogP contribution in [-0.4, -0.2) is 13.1 Å². The van der Waals surface area contributed by atoms with Crippen molar-refractivity contribution in [1.29, 1.82) is 0 Å². The lowest BCUT2D eigenvalue weighted by Crippen LogP contribution is -2.18. The first-order valence-corrected chi connectivity index (χ1v) is 5.04. The van der Waals surface area contributed by atoms with Gasteiger partial charge < -0.3 is 5.32 Å². The van der Waals surface area contributed by atoms with E-state index >= 15 is 0 Å². The minimum atomic E-state index is 0.591. The second-order valence-electron chi connectivity index (χ2n) is 3.67. The molecule has 1 nitrogen and oxygen atoms in total. The molecule has 1 aliphatic heterocycles. The molecular formula is C9H11NS. The van der Waals surface area contributed by atoms with Crippen molar-refractivity contribution in [2.24, 2.45) is 5.92 Å². The Kier molecular flexibility index (Phi) is 1.06. The Labute approximate surface area is 70.4 Å². The number of fused-ring (bicyclic) bond motifs is 1. The Hall–Kier alpha value is -0.340. The van der Waals surface area contributed by atoms with Crippen LogP contribution >= 0.6 is 11.3 Å². The molecule has 1 saturated heterocycles. The Bertz CT molecular complexity index is 267. The topological polar surface area (TPSA) is 12.0 Å². The van der Waals surface area contributed by atoms with E-state index in [1.807, 2.05) is 11.3 Å². The van der Waals surface area contributed by atoms with Gasteiger partial charge in [-0.05, 0) is 30.3 Å². The third kappa shape index (κ3) is 0.690. The third-order valence-electron chi connectivity index (χ3n) is 3.08. The number of thiophene rings is 1. The molecule has 58 valence electrons. The summed E-state index contributed by atoms with van der Waals surface area (Å²) >= 11 is 1.92. The second-order valence-corrected chi connectivity index (χ2v) is 4.61. The first kappa shape index (κ1) is 6.21. The van der Waals surface area contributed by atoms with Crippen molar-refractivity contribution in [2.75, 3.05) is 13.1 Å². The third-order valence-corrected chi connectivity index (χ3v) is 4.16. The van der Waals surface area contributed by atoms with Crippen LogP contribution in [-0.2, 0) is 5.41 Å². The van der Waals surface area contributed by atoms with Gasteiger partial charge >= 0.3 is 0 Å². The molecule has 0 radical (unpaired) electrons. The molecule has 0 aromatic carbocycles. The maximum atomic E-state index is 3.46. The average Bonchev–Trinajstić information content (AvgIpc) is 2.56. The zero-order valence-electron chi connectivity index (χ0n) is 6.34. The standard InChI is InChI=1S/C9H11NS/c1-2-8(11-3-1)9-4-7(9)5-10-6-9/h1-3,7,10H,4-6H2/t7-,9-/m0/s1. The lowest BCUT2D eigenvalue weighted by atomic mass is 10.1. The lowest BCUT2D eigenvalue weighted by Gasteiger charge is -2.07. The molecule has 1 aromatic rings. The first-order valence-electron chi connectivity index (χ1n) is 4.16. The van der Waals surface area contributed by atoms with Crippen LogP contribution in [0.4, 0.5) is 0 Å². The number of hydrogen-bond donors (Lipinski definition) is 1. The molecule has 0 amide bonds. The van der Waals surface area contributed by atoms with Gasteiger partial charge in [-0.25, -0.2) is 0 Å². The van der Waals surface area contributed by atoms with E-state index in [2.05, 4.69) is 22.8 Å². The van der Waals surface area contributed by atoms with Crippen LogP contribution in [0.3, 0.4) is 0 Å². The fourth-order valence-corrected chi connectivity index (χ4v) is 3.30.